The van der Waals surface area contributed by atoms with E-state index >= 15 is 0 Å². The molecule has 0 aromatic heterocycles. The van der Waals surface area contributed by atoms with Crippen LogP contribution in [0.25, 0.3) is 0 Å². The van der Waals surface area contributed by atoms with Crippen LogP contribution in [0.4, 0.5) is 9.59 Å². The average Bonchev–Trinajstić information content (AvgIpc) is 4.10. The molecule has 2 atom stereocenters. The molecular formula is C52H68B3BrN2O10. The van der Waals surface area contributed by atoms with Crippen LogP contribution >= 0.6 is 15.9 Å². The first kappa shape index (κ1) is 51.7. The van der Waals surface area contributed by atoms with Gasteiger partial charge in [0.15, 0.2) is 0 Å². The summed E-state index contributed by atoms with van der Waals surface area (Å²) < 4.78 is 47.9. The standard InChI is InChI=1S/C23H28BNO4.C17H16BrNO2.C12H24B2O4/c1-22(2)23(3,4)29-24(28-22)19-10-12-20(13-11-19)27-21(26)25-15-14-18(16-25)17-8-6-5-7-9-17;18-15-6-8-16(9-7-15)21-17(20)19-11-10-14(12-19)13-4-2-1-3-5-13;1-9(2)10(3,4)16-13(15-9)14-17-11(5,6)12(7,8)18-14/h5-13,18H,14-16H2,1-4H3;1-9,14H,10-12H2;1-8H3. The summed E-state index contributed by atoms with van der Waals surface area (Å²) in [5, 5.41) is 0. The van der Waals surface area contributed by atoms with Crippen LogP contribution in [0.2, 0.25) is 0 Å². The fraction of sp³-hybridized carbons (Fsp3) is 0.500. The van der Waals surface area contributed by atoms with Crippen LogP contribution in [0, 0.1) is 0 Å². The van der Waals surface area contributed by atoms with E-state index in [4.69, 9.17) is 37.4 Å². The molecular weight excluding hydrogens is 925 g/mol. The molecule has 362 valence electrons. The van der Waals surface area contributed by atoms with Crippen molar-refractivity contribution in [3.8, 4) is 11.5 Å². The summed E-state index contributed by atoms with van der Waals surface area (Å²) in [7, 11) is -1.37. The molecule has 5 saturated heterocycles. The van der Waals surface area contributed by atoms with E-state index in [1.165, 1.54) is 11.1 Å². The van der Waals surface area contributed by atoms with Crippen molar-refractivity contribution in [1.82, 2.24) is 9.80 Å². The first-order valence-corrected chi connectivity index (χ1v) is 24.6. The maximum absolute atomic E-state index is 12.6. The molecule has 0 N–H and O–H groups in total. The van der Waals surface area contributed by atoms with Gasteiger partial charge in [-0.1, -0.05) is 88.7 Å². The van der Waals surface area contributed by atoms with Crippen molar-refractivity contribution in [1.29, 1.82) is 0 Å². The second kappa shape index (κ2) is 20.3. The molecule has 2 unspecified atom stereocenters. The molecule has 68 heavy (non-hydrogen) atoms. The fourth-order valence-corrected chi connectivity index (χ4v) is 8.62. The van der Waals surface area contributed by atoms with Gasteiger partial charge in [-0.05, 0) is 149 Å². The van der Waals surface area contributed by atoms with Crippen LogP contribution in [0.5, 0.6) is 11.5 Å². The van der Waals surface area contributed by atoms with E-state index in [2.05, 4.69) is 40.2 Å². The third-order valence-electron chi connectivity index (χ3n) is 14.8. The Bertz CT molecular complexity index is 2250. The topological polar surface area (TPSA) is 114 Å². The summed E-state index contributed by atoms with van der Waals surface area (Å²) in [5.74, 6) is 1.88. The van der Waals surface area contributed by atoms with Crippen LogP contribution in [0.3, 0.4) is 0 Å². The SMILES string of the molecule is CC1(C)OB(B2OC(C)(C)C(C)(C)O2)OC1(C)C.CC1(C)OB(c2ccc(OC(=O)N3CCC(c4ccccc4)C3)cc2)OC1(C)C.O=C(Oc1ccc(Br)cc1)N1CCC(c2ccccc2)C1. The quantitative estimate of drug-likeness (QED) is 0.173. The van der Waals surface area contributed by atoms with Gasteiger partial charge in [-0.15, -0.1) is 0 Å². The lowest BCUT2D eigenvalue weighted by Gasteiger charge is -2.32. The number of carbonyl (C=O) groups excluding carboxylic acids is 2. The molecule has 5 aliphatic rings. The van der Waals surface area contributed by atoms with Crippen molar-refractivity contribution in [2.24, 2.45) is 0 Å². The average molecular weight is 993 g/mol. The van der Waals surface area contributed by atoms with E-state index in [9.17, 15) is 9.59 Å². The van der Waals surface area contributed by atoms with Crippen LogP contribution in [0.15, 0.2) is 114 Å². The van der Waals surface area contributed by atoms with Crippen LogP contribution in [-0.2, 0) is 27.9 Å². The maximum Gasteiger partial charge on any atom is 0.494 e. The number of rotatable bonds is 6. The minimum atomic E-state index is -0.476. The predicted molar refractivity (Wildman–Crippen MR) is 271 cm³/mol. The van der Waals surface area contributed by atoms with Gasteiger partial charge in [0.1, 0.15) is 11.5 Å². The van der Waals surface area contributed by atoms with E-state index in [1.54, 1.807) is 34.1 Å². The Balaban J connectivity index is 0.000000156. The second-order valence-electron chi connectivity index (χ2n) is 21.3. The van der Waals surface area contributed by atoms with Crippen molar-refractivity contribution in [3.63, 3.8) is 0 Å². The molecule has 0 spiro atoms. The van der Waals surface area contributed by atoms with Crippen molar-refractivity contribution in [2.45, 2.75) is 141 Å². The van der Waals surface area contributed by atoms with Crippen LogP contribution in [0.1, 0.15) is 119 Å². The summed E-state index contributed by atoms with van der Waals surface area (Å²) in [6.45, 7) is 27.2. The lowest BCUT2D eigenvalue weighted by Crippen LogP contribution is -2.41. The zero-order valence-electron chi connectivity index (χ0n) is 41.9. The Morgan fingerprint density at radius 2 is 0.809 bits per heavy atom. The minimum Gasteiger partial charge on any atom is -0.410 e. The lowest BCUT2D eigenvalue weighted by atomic mass is 9.49. The number of amides is 2. The molecule has 16 heteroatoms. The highest BCUT2D eigenvalue weighted by atomic mass is 79.9. The molecule has 9 rings (SSSR count). The number of halogens is 1. The summed E-state index contributed by atoms with van der Waals surface area (Å²) in [5.41, 5.74) is 1.27. The van der Waals surface area contributed by atoms with Crippen LogP contribution < -0.4 is 14.9 Å². The van der Waals surface area contributed by atoms with Gasteiger partial charge in [-0.25, -0.2) is 9.59 Å². The predicted octanol–water partition coefficient (Wildman–Crippen LogP) is 10.7. The molecule has 5 fully saturated rings. The van der Waals surface area contributed by atoms with Gasteiger partial charge >= 0.3 is 33.3 Å². The molecule has 5 heterocycles. The van der Waals surface area contributed by atoms with E-state index in [-0.39, 0.29) is 45.8 Å². The Kier molecular flexibility index (Phi) is 15.4. The van der Waals surface area contributed by atoms with Gasteiger partial charge in [0.2, 0.25) is 0 Å². The zero-order chi connectivity index (χ0) is 49.3. The van der Waals surface area contributed by atoms with E-state index in [1.807, 2.05) is 144 Å². The Labute approximate surface area is 413 Å². The van der Waals surface area contributed by atoms with Crippen molar-refractivity contribution < 1.29 is 47.0 Å². The first-order valence-electron chi connectivity index (χ1n) is 23.8. The lowest BCUT2D eigenvalue weighted by molar-refractivity contribution is 0.00578. The van der Waals surface area contributed by atoms with Crippen molar-refractivity contribution in [3.05, 3.63) is 125 Å². The van der Waals surface area contributed by atoms with Crippen molar-refractivity contribution >= 4 is 54.7 Å². The maximum atomic E-state index is 12.6. The normalized spacial score (nSPS) is 23.6. The van der Waals surface area contributed by atoms with Gasteiger partial charge in [0, 0.05) is 42.5 Å². The number of carbonyl (C=O) groups is 2. The smallest absolute Gasteiger partial charge is 0.410 e. The van der Waals surface area contributed by atoms with Crippen molar-refractivity contribution in [2.75, 3.05) is 26.2 Å². The van der Waals surface area contributed by atoms with Gasteiger partial charge in [-0.2, -0.15) is 0 Å². The van der Waals surface area contributed by atoms with E-state index < -0.39 is 21.1 Å². The third-order valence-corrected chi connectivity index (χ3v) is 15.4. The Morgan fingerprint density at radius 3 is 1.16 bits per heavy atom. The third kappa shape index (κ3) is 11.9. The van der Waals surface area contributed by atoms with Gasteiger partial charge < -0.3 is 47.2 Å². The second-order valence-corrected chi connectivity index (χ2v) is 22.2. The molecule has 0 radical (unpaired) electrons. The minimum absolute atomic E-state index is 0.268. The largest absolute Gasteiger partial charge is 0.494 e. The summed E-state index contributed by atoms with van der Waals surface area (Å²) in [6.07, 6.45) is 1.38. The molecule has 4 aromatic carbocycles. The molecule has 5 aliphatic heterocycles. The van der Waals surface area contributed by atoms with Gasteiger partial charge in [0.25, 0.3) is 0 Å². The number of hydrogen-bond donors (Lipinski definition) is 0. The van der Waals surface area contributed by atoms with Gasteiger partial charge in [-0.3, -0.25) is 0 Å². The molecule has 2 amide bonds. The number of ether oxygens (including phenoxy) is 2. The summed E-state index contributed by atoms with van der Waals surface area (Å²) in [4.78, 5) is 28.3. The number of benzene rings is 4. The molecule has 4 aromatic rings. The highest BCUT2D eigenvalue weighted by molar-refractivity contribution is 9.10. The monoisotopic (exact) mass is 992 g/mol. The highest BCUT2D eigenvalue weighted by Gasteiger charge is 2.63. The van der Waals surface area contributed by atoms with Crippen LogP contribution in [-0.4, -0.2) is 103 Å². The molecule has 0 saturated carbocycles. The summed E-state index contributed by atoms with van der Waals surface area (Å²) >= 11 is 3.36. The fourth-order valence-electron chi connectivity index (χ4n) is 8.35. The molecule has 0 aliphatic carbocycles. The van der Waals surface area contributed by atoms with Gasteiger partial charge in [0.05, 0.1) is 33.6 Å². The molecule has 0 bridgehead atoms. The first-order chi connectivity index (χ1) is 31.9. The van der Waals surface area contributed by atoms with E-state index in [0.29, 0.717) is 36.4 Å². The highest BCUT2D eigenvalue weighted by Crippen LogP contribution is 2.43. The number of hydrogen-bond acceptors (Lipinski definition) is 10. The number of nitrogens with zero attached hydrogens (tertiary/aromatic N) is 2. The van der Waals surface area contributed by atoms with E-state index in [0.717, 1.165) is 35.9 Å². The Morgan fingerprint density at radius 1 is 0.485 bits per heavy atom. The Hall–Kier alpha value is -4.15. The summed E-state index contributed by atoms with van der Waals surface area (Å²) in [6, 6.07) is 35.3. The molecule has 12 nitrogen and oxygen atoms in total. The zero-order valence-corrected chi connectivity index (χ0v) is 43.5. The number of likely N-dealkylation sites (tertiary alicyclic amines) is 2.